The maximum atomic E-state index is 8.83. The maximum absolute atomic E-state index is 8.83. The SMILES string of the molecule is C#Cc1cc(C#N)cc(C(C)(C)C)c1.CC(C)(C)c1cc(-n2c3ccccc3c3ccccc32)cc(-n2c3ccccc3c3ccccc32)c1.CC(C)(C)c1ccc(-c2ccccc2)nc1.CC(C)(C)c1ccc(C#N)cc1.CC(C)(C)c1cccc(-c2ccccc2)n1.CC(C)(C)c1cccc(-n2c3ccccc3c3ccccc32)n1.CC(C)(C)c1ccccn1.CC(C)(C)c1cccnc1. The fraction of sp³-hybridized carbons (Fsp3) is 0.252. The van der Waals surface area contributed by atoms with Crippen molar-refractivity contribution in [3.05, 3.63) is 432 Å². The van der Waals surface area contributed by atoms with Crippen LogP contribution in [0.5, 0.6) is 0 Å². The van der Waals surface area contributed by atoms with Crippen molar-refractivity contribution in [1.29, 1.82) is 10.5 Å². The first-order chi connectivity index (χ1) is 64.9. The molecule has 10 heteroatoms. The highest BCUT2D eigenvalue weighted by molar-refractivity contribution is 6.11. The molecule has 0 N–H and O–H groups in total. The van der Waals surface area contributed by atoms with E-state index in [2.05, 4.69) is 462 Å². The van der Waals surface area contributed by atoms with Crippen LogP contribution in [0.25, 0.3) is 105 Å². The summed E-state index contributed by atoms with van der Waals surface area (Å²) in [6.07, 6.45) is 12.9. The lowest BCUT2D eigenvalue weighted by molar-refractivity contribution is 0.567. The predicted molar refractivity (Wildman–Crippen MR) is 581 cm³/mol. The zero-order chi connectivity index (χ0) is 98.8. The van der Waals surface area contributed by atoms with Crippen molar-refractivity contribution in [2.75, 3.05) is 0 Å². The third-order valence-electron chi connectivity index (χ3n) is 24.0. The van der Waals surface area contributed by atoms with Gasteiger partial charge in [-0.2, -0.15) is 10.5 Å². The molecule has 0 aliphatic carbocycles. The average Bonchev–Trinajstić information content (AvgIpc) is 1.59. The van der Waals surface area contributed by atoms with Crippen LogP contribution < -0.4 is 0 Å². The first kappa shape index (κ1) is 101. The molecule has 19 aromatic rings. The molecule has 0 unspecified atom stereocenters. The number of fused-ring (bicyclic) bond motifs is 9. The van der Waals surface area contributed by atoms with Crippen molar-refractivity contribution >= 4 is 65.4 Å². The fourth-order valence-electron chi connectivity index (χ4n) is 15.9. The Hall–Kier alpha value is -14.9. The quantitative estimate of drug-likeness (QED) is 0.157. The first-order valence-electron chi connectivity index (χ1n) is 47.4. The molecule has 11 aromatic carbocycles. The van der Waals surface area contributed by atoms with Gasteiger partial charge in [-0.05, 0) is 188 Å². The van der Waals surface area contributed by atoms with E-state index in [9.17, 15) is 0 Å². The average molecular weight is 1800 g/mol. The van der Waals surface area contributed by atoms with E-state index in [0.717, 1.165) is 51.0 Å². The third kappa shape index (κ3) is 26.0. The molecule has 0 saturated carbocycles. The highest BCUT2D eigenvalue weighted by atomic mass is 15.1. The third-order valence-corrected chi connectivity index (χ3v) is 24.0. The van der Waals surface area contributed by atoms with Crippen molar-refractivity contribution in [2.45, 2.75) is 209 Å². The predicted octanol–water partition coefficient (Wildman–Crippen LogP) is 33.2. The smallest absolute Gasteiger partial charge is 0.137 e. The lowest BCUT2D eigenvalue weighted by Gasteiger charge is -2.23. The molecule has 692 valence electrons. The normalized spacial score (nSPS) is 11.6. The van der Waals surface area contributed by atoms with Crippen LogP contribution >= 0.6 is 0 Å². The Morgan fingerprint density at radius 3 is 0.956 bits per heavy atom. The molecule has 0 fully saturated rings. The zero-order valence-corrected chi connectivity index (χ0v) is 84.8. The Balaban J connectivity index is 0.000000147. The van der Waals surface area contributed by atoms with E-state index < -0.39 is 0 Å². The summed E-state index contributed by atoms with van der Waals surface area (Å²) in [5, 5.41) is 25.1. The molecule has 137 heavy (non-hydrogen) atoms. The molecule has 0 radical (unpaired) electrons. The van der Waals surface area contributed by atoms with Gasteiger partial charge in [0, 0.05) is 118 Å². The molecule has 0 atom stereocenters. The highest BCUT2D eigenvalue weighted by Gasteiger charge is 2.25. The summed E-state index contributed by atoms with van der Waals surface area (Å²) in [7, 11) is 0. The van der Waals surface area contributed by atoms with E-state index in [-0.39, 0.29) is 43.3 Å². The summed E-state index contributed by atoms with van der Waals surface area (Å²) in [6, 6.07) is 124. The molecule has 10 nitrogen and oxygen atoms in total. The van der Waals surface area contributed by atoms with E-state index in [1.807, 2.05) is 110 Å². The van der Waals surface area contributed by atoms with Gasteiger partial charge >= 0.3 is 0 Å². The van der Waals surface area contributed by atoms with Gasteiger partial charge in [0.1, 0.15) is 5.82 Å². The van der Waals surface area contributed by atoms with Crippen LogP contribution in [0.4, 0.5) is 0 Å². The summed E-state index contributed by atoms with van der Waals surface area (Å²) >= 11 is 0. The van der Waals surface area contributed by atoms with E-state index in [1.165, 1.54) is 110 Å². The molecule has 0 saturated heterocycles. The van der Waals surface area contributed by atoms with Crippen molar-refractivity contribution in [3.8, 4) is 64.2 Å². The molecule has 0 spiro atoms. The van der Waals surface area contributed by atoms with Gasteiger partial charge in [-0.25, -0.2) is 4.98 Å². The molecule has 19 rings (SSSR count). The van der Waals surface area contributed by atoms with Gasteiger partial charge in [0.15, 0.2) is 0 Å². The van der Waals surface area contributed by atoms with E-state index >= 15 is 0 Å². The highest BCUT2D eigenvalue weighted by Crippen LogP contribution is 2.40. The van der Waals surface area contributed by atoms with Gasteiger partial charge < -0.3 is 9.13 Å². The molecule has 0 bridgehead atoms. The largest absolute Gasteiger partial charge is 0.309 e. The Morgan fingerprint density at radius 2 is 0.599 bits per heavy atom. The Morgan fingerprint density at radius 1 is 0.241 bits per heavy atom. The summed E-state index contributed by atoms with van der Waals surface area (Å²) in [6.45, 7) is 52.5. The number of pyridine rings is 5. The number of terminal acetylenes is 1. The van der Waals surface area contributed by atoms with Crippen LogP contribution in [0.2, 0.25) is 0 Å². The van der Waals surface area contributed by atoms with Crippen LogP contribution in [0.1, 0.15) is 228 Å². The molecular weight excluding hydrogens is 1670 g/mol. The number of nitrogens with zero attached hydrogens (tertiary/aromatic N) is 10. The van der Waals surface area contributed by atoms with Crippen molar-refractivity contribution in [3.63, 3.8) is 0 Å². The van der Waals surface area contributed by atoms with E-state index in [0.29, 0.717) is 5.56 Å². The van der Waals surface area contributed by atoms with E-state index in [1.54, 1.807) is 12.3 Å². The molecule has 0 aliphatic heterocycles. The van der Waals surface area contributed by atoms with Gasteiger partial charge in [0.05, 0.1) is 67.8 Å². The second kappa shape index (κ2) is 43.2. The van der Waals surface area contributed by atoms with Crippen molar-refractivity contribution < 1.29 is 0 Å². The number of hydrogen-bond acceptors (Lipinski definition) is 7. The van der Waals surface area contributed by atoms with Gasteiger partial charge in [-0.3, -0.25) is 24.5 Å². The van der Waals surface area contributed by atoms with Crippen LogP contribution in [0, 0.1) is 35.0 Å². The van der Waals surface area contributed by atoms with Gasteiger partial charge in [-0.1, -0.05) is 384 Å². The minimum absolute atomic E-state index is 0.00226. The first-order valence-corrected chi connectivity index (χ1v) is 47.4. The molecule has 0 aliphatic rings. The summed E-state index contributed by atoms with van der Waals surface area (Å²) in [5.41, 5.74) is 26.8. The second-order valence-corrected chi connectivity index (χ2v) is 43.0. The minimum atomic E-state index is 0.00226. The molecule has 8 aromatic heterocycles. The van der Waals surface area contributed by atoms with Crippen LogP contribution in [0.15, 0.2) is 371 Å². The summed E-state index contributed by atoms with van der Waals surface area (Å²) in [5.74, 6) is 3.54. The van der Waals surface area contributed by atoms with Crippen LogP contribution in [0.3, 0.4) is 0 Å². The topological polar surface area (TPSA) is 127 Å². The number of benzene rings is 11. The second-order valence-electron chi connectivity index (χ2n) is 43.0. The molecular formula is C127H134N10. The number of nitriles is 2. The molecule has 0 amide bonds. The lowest BCUT2D eigenvalue weighted by Crippen LogP contribution is -2.14. The van der Waals surface area contributed by atoms with E-state index in [4.69, 9.17) is 26.9 Å². The standard InChI is InChI=1S/C34H28N2.C21H20N2.2C15H17N.C13H13N.C11H13N.2C9H13N/c1-34(2,3)23-20-24(35-30-16-8-4-12-26(30)27-13-5-9-17-31(27)35)22-25(21-23)36-32-18-10-6-14-28(32)29-15-7-11-19-33(29)36;1-21(2,3)19-13-8-14-20(22-19)23-17-11-6-4-9-15(17)16-10-5-7-12-18(16)23;1-15(2,3)14-11-7-10-13(16-14)12-8-5-4-6-9-12;1-15(2,3)13-9-10-14(16-11-13)12-7-5-4-6-8-12;1-5-10-6-11(9-14)8-12(7-10)13(2,3)4;1-11(2,3)10-6-4-9(8-12)5-7-10;1-9(2,3)8-5-4-6-10-7-8;1-9(2,3)8-6-4-5-7-10-8/h4-22H,1-3H3;4-14H,1-3H3;2*4-11H,1-3H3;1,6-8H,2-4H3;4-7H,1-3H3;2*4-7H,1-3H3. The number of rotatable bonds is 5. The molecule has 8 heterocycles. The van der Waals surface area contributed by atoms with Gasteiger partial charge in [0.25, 0.3) is 0 Å². The lowest BCUT2D eigenvalue weighted by atomic mass is 9.85. The summed E-state index contributed by atoms with van der Waals surface area (Å²) < 4.78 is 7.12. The Bertz CT molecular complexity index is 7010. The Kier molecular flexibility index (Phi) is 31.9. The number of para-hydroxylation sites is 6. The van der Waals surface area contributed by atoms with Gasteiger partial charge in [-0.15, -0.1) is 6.42 Å². The monoisotopic (exact) mass is 1800 g/mol. The number of aromatic nitrogens is 8. The Labute approximate surface area is 815 Å². The summed E-state index contributed by atoms with van der Waals surface area (Å²) in [4.78, 5) is 22.5. The maximum Gasteiger partial charge on any atom is 0.137 e. The fourth-order valence-corrected chi connectivity index (χ4v) is 15.9. The minimum Gasteiger partial charge on any atom is -0.309 e. The zero-order valence-electron chi connectivity index (χ0n) is 84.8. The van der Waals surface area contributed by atoms with Crippen molar-refractivity contribution in [1.82, 2.24) is 38.6 Å². The van der Waals surface area contributed by atoms with Crippen LogP contribution in [-0.4, -0.2) is 38.6 Å². The van der Waals surface area contributed by atoms with Crippen molar-refractivity contribution in [2.24, 2.45) is 0 Å². The number of hydrogen-bond donors (Lipinski definition) is 0. The van der Waals surface area contributed by atoms with Gasteiger partial charge in [0.2, 0.25) is 0 Å². The van der Waals surface area contributed by atoms with Crippen LogP contribution in [-0.2, 0) is 43.3 Å².